The second kappa shape index (κ2) is 44.1. The Morgan fingerprint density at radius 2 is 0.741 bits per heavy atom. The van der Waals surface area contributed by atoms with E-state index in [2.05, 4.69) is 19.2 Å². The minimum Gasteiger partial charge on any atom is -0.387 e. The van der Waals surface area contributed by atoms with Crippen LogP contribution in [0.4, 0.5) is 0 Å². The summed E-state index contributed by atoms with van der Waals surface area (Å²) < 4.78 is 32.7. The largest absolute Gasteiger partial charge is 0.387 e. The number of hydrogen-bond acceptors (Lipinski definition) is 5. The molecule has 0 aromatic carbocycles. The highest BCUT2D eigenvalue weighted by atomic mass is 32.2. The smallest absolute Gasteiger partial charge is 0.267 e. The van der Waals surface area contributed by atoms with Crippen LogP contribution in [-0.2, 0) is 14.9 Å². The molecule has 0 rings (SSSR count). The molecule has 0 saturated heterocycles. The minimum absolute atomic E-state index is 0.286. The Kier molecular flexibility index (Phi) is 43.4. The van der Waals surface area contributed by atoms with E-state index in [-0.39, 0.29) is 6.42 Å². The molecule has 0 aliphatic carbocycles. The van der Waals surface area contributed by atoms with Gasteiger partial charge in [0.15, 0.2) is 0 Å². The van der Waals surface area contributed by atoms with Gasteiger partial charge in [-0.25, -0.2) is 0 Å². The molecule has 346 valence electrons. The van der Waals surface area contributed by atoms with Gasteiger partial charge in [0, 0.05) is 0 Å². The summed E-state index contributed by atoms with van der Waals surface area (Å²) in [5.41, 5.74) is 0. The quantitative estimate of drug-likeness (QED) is 0.0275. The van der Waals surface area contributed by atoms with Crippen molar-refractivity contribution in [3.63, 3.8) is 0 Å². The highest BCUT2D eigenvalue weighted by Gasteiger charge is 2.27. The van der Waals surface area contributed by atoms with Crippen LogP contribution in [0.15, 0.2) is 12.2 Å². The summed E-state index contributed by atoms with van der Waals surface area (Å²) in [5, 5.41) is 23.6. The number of aliphatic hydroxyl groups excluding tert-OH is 2. The number of hydrogen-bond donors (Lipinski definition) is 4. The molecular formula is C50H99NO6S. The van der Waals surface area contributed by atoms with Gasteiger partial charge in [-0.1, -0.05) is 270 Å². The minimum atomic E-state index is -4.44. The highest BCUT2D eigenvalue weighted by molar-refractivity contribution is 7.85. The predicted octanol–water partition coefficient (Wildman–Crippen LogP) is 14.7. The van der Waals surface area contributed by atoms with Crippen LogP contribution >= 0.6 is 0 Å². The third-order valence-electron chi connectivity index (χ3n) is 12.1. The van der Waals surface area contributed by atoms with Crippen molar-refractivity contribution >= 4 is 16.0 Å². The van der Waals surface area contributed by atoms with Gasteiger partial charge >= 0.3 is 0 Å². The van der Waals surface area contributed by atoms with Gasteiger partial charge in [-0.2, -0.15) is 8.42 Å². The van der Waals surface area contributed by atoms with E-state index in [0.29, 0.717) is 6.42 Å². The van der Waals surface area contributed by atoms with Crippen LogP contribution in [0.2, 0.25) is 0 Å². The summed E-state index contributed by atoms with van der Waals surface area (Å²) in [4.78, 5) is 12.7. The molecule has 0 radical (unpaired) electrons. The van der Waals surface area contributed by atoms with Gasteiger partial charge in [0.05, 0.1) is 17.9 Å². The van der Waals surface area contributed by atoms with E-state index in [1.54, 1.807) is 0 Å². The Labute approximate surface area is 361 Å². The fraction of sp³-hybridized carbons (Fsp3) is 0.940. The van der Waals surface area contributed by atoms with Gasteiger partial charge in [0.2, 0.25) is 5.91 Å². The maximum Gasteiger partial charge on any atom is 0.267 e. The molecule has 3 atom stereocenters. The number of aliphatic hydroxyl groups is 2. The van der Waals surface area contributed by atoms with Gasteiger partial charge in [0.25, 0.3) is 10.1 Å². The second-order valence-corrected chi connectivity index (χ2v) is 19.5. The summed E-state index contributed by atoms with van der Waals surface area (Å²) >= 11 is 0. The van der Waals surface area contributed by atoms with E-state index >= 15 is 0 Å². The van der Waals surface area contributed by atoms with Crippen molar-refractivity contribution in [2.45, 2.75) is 295 Å². The molecule has 0 spiro atoms. The first-order valence-electron chi connectivity index (χ1n) is 25.5. The topological polar surface area (TPSA) is 124 Å². The number of nitrogens with one attached hydrogen (secondary N) is 1. The van der Waals surface area contributed by atoms with Crippen molar-refractivity contribution in [1.29, 1.82) is 0 Å². The van der Waals surface area contributed by atoms with E-state index in [9.17, 15) is 28.0 Å². The lowest BCUT2D eigenvalue weighted by Crippen LogP contribution is -2.50. The van der Waals surface area contributed by atoms with Crippen molar-refractivity contribution < 1.29 is 28.0 Å². The average Bonchev–Trinajstić information content (AvgIpc) is 3.19. The van der Waals surface area contributed by atoms with Gasteiger partial charge in [0.1, 0.15) is 6.10 Å². The van der Waals surface area contributed by atoms with Crippen LogP contribution < -0.4 is 5.32 Å². The number of carbonyl (C=O) groups is 1. The lowest BCUT2D eigenvalue weighted by atomic mass is 10.0. The Hall–Kier alpha value is -0.960. The lowest BCUT2D eigenvalue weighted by Gasteiger charge is -2.22. The molecule has 3 unspecified atom stereocenters. The van der Waals surface area contributed by atoms with E-state index in [0.717, 1.165) is 38.5 Å². The highest BCUT2D eigenvalue weighted by Crippen LogP contribution is 2.17. The predicted molar refractivity (Wildman–Crippen MR) is 250 cm³/mol. The standard InChI is InChI=1S/C50H99NO6S/c1-3-5-7-9-11-13-15-17-19-21-23-25-27-28-30-32-34-36-38-40-42-44-48(52)47(46-58(55,56)57)51-50(54)49(53)45-43-41-39-37-35-33-31-29-26-24-22-20-18-16-14-12-10-8-6-4-2/h42,44,47-49,52-53H,3-41,43,45-46H2,1-2H3,(H,51,54)(H,55,56,57)/b44-42+. The van der Waals surface area contributed by atoms with Crippen LogP contribution in [0.1, 0.15) is 277 Å². The van der Waals surface area contributed by atoms with Gasteiger partial charge < -0.3 is 15.5 Å². The first-order chi connectivity index (χ1) is 28.2. The molecule has 0 aromatic rings. The zero-order chi connectivity index (χ0) is 42.6. The van der Waals surface area contributed by atoms with Gasteiger partial charge in [-0.15, -0.1) is 0 Å². The van der Waals surface area contributed by atoms with Gasteiger partial charge in [-0.3, -0.25) is 9.35 Å². The molecule has 8 heteroatoms. The molecule has 0 aromatic heterocycles. The summed E-state index contributed by atoms with van der Waals surface area (Å²) in [6.45, 7) is 4.55. The third-order valence-corrected chi connectivity index (χ3v) is 12.9. The molecule has 4 N–H and O–H groups in total. The Morgan fingerprint density at radius 3 is 1.03 bits per heavy atom. The van der Waals surface area contributed by atoms with Crippen LogP contribution in [0.3, 0.4) is 0 Å². The van der Waals surface area contributed by atoms with Crippen molar-refractivity contribution in [3.8, 4) is 0 Å². The lowest BCUT2D eigenvalue weighted by molar-refractivity contribution is -0.130. The summed E-state index contributed by atoms with van der Waals surface area (Å²) in [6, 6.07) is -1.23. The van der Waals surface area contributed by atoms with Gasteiger partial charge in [-0.05, 0) is 19.3 Å². The van der Waals surface area contributed by atoms with Crippen LogP contribution in [0.25, 0.3) is 0 Å². The second-order valence-electron chi connectivity index (χ2n) is 18.0. The molecular weight excluding hydrogens is 743 g/mol. The Balaban J connectivity index is 3.87. The molecule has 0 aliphatic rings. The molecule has 0 aliphatic heterocycles. The molecule has 0 bridgehead atoms. The zero-order valence-corrected chi connectivity index (χ0v) is 39.4. The monoisotopic (exact) mass is 842 g/mol. The summed E-state index contributed by atoms with van der Waals surface area (Å²) in [5.74, 6) is -1.52. The van der Waals surface area contributed by atoms with Crippen LogP contribution in [0.5, 0.6) is 0 Å². The first-order valence-corrected chi connectivity index (χ1v) is 27.1. The third kappa shape index (κ3) is 43.1. The molecule has 0 saturated carbocycles. The van der Waals surface area contributed by atoms with Crippen LogP contribution in [0, 0.1) is 0 Å². The first kappa shape index (κ1) is 57.0. The van der Waals surface area contributed by atoms with Crippen LogP contribution in [-0.4, -0.2) is 53.1 Å². The number of rotatable bonds is 47. The van der Waals surface area contributed by atoms with Crippen molar-refractivity contribution in [2.75, 3.05) is 5.75 Å². The molecule has 0 heterocycles. The zero-order valence-electron chi connectivity index (χ0n) is 38.6. The normalized spacial score (nSPS) is 13.7. The maximum atomic E-state index is 12.7. The Morgan fingerprint density at radius 1 is 0.466 bits per heavy atom. The molecule has 1 amide bonds. The summed E-state index contributed by atoms with van der Waals surface area (Å²) in [6.07, 6.45) is 52.8. The van der Waals surface area contributed by atoms with Crippen molar-refractivity contribution in [3.05, 3.63) is 12.2 Å². The van der Waals surface area contributed by atoms with Crippen molar-refractivity contribution in [1.82, 2.24) is 5.32 Å². The number of carbonyl (C=O) groups excluding carboxylic acids is 1. The number of unbranched alkanes of at least 4 members (excludes halogenated alkanes) is 38. The SMILES string of the molecule is CCCCCCCCCCCCCCCCCCCCC/C=C/C(O)C(CS(=O)(=O)O)NC(=O)C(O)CCCCCCCCCCCCCCCCCCCCCC. The average molecular weight is 842 g/mol. The summed E-state index contributed by atoms with van der Waals surface area (Å²) in [7, 11) is -4.44. The van der Waals surface area contributed by atoms with Crippen molar-refractivity contribution in [2.24, 2.45) is 0 Å². The fourth-order valence-electron chi connectivity index (χ4n) is 8.17. The van der Waals surface area contributed by atoms with E-state index in [4.69, 9.17) is 0 Å². The maximum absolute atomic E-state index is 12.7. The van der Waals surface area contributed by atoms with E-state index < -0.39 is 40.0 Å². The molecule has 58 heavy (non-hydrogen) atoms. The molecule has 0 fully saturated rings. The fourth-order valence-corrected chi connectivity index (χ4v) is 8.90. The van der Waals surface area contributed by atoms with E-state index in [1.165, 1.54) is 218 Å². The van der Waals surface area contributed by atoms with E-state index in [1.807, 2.05) is 6.08 Å². The number of allylic oxidation sites excluding steroid dienone is 1. The Bertz CT molecular complexity index is 989. The molecule has 7 nitrogen and oxygen atoms in total. The number of amides is 1.